The first-order valence-corrected chi connectivity index (χ1v) is 13.0. The summed E-state index contributed by atoms with van der Waals surface area (Å²) in [5.41, 5.74) is 0.357. The van der Waals surface area contributed by atoms with Gasteiger partial charge in [0.25, 0.3) is 0 Å². The number of urea groups is 1. The maximum Gasteiger partial charge on any atom is 0.328 e. The van der Waals surface area contributed by atoms with Gasteiger partial charge in [-0.2, -0.15) is 0 Å². The number of esters is 1. The van der Waals surface area contributed by atoms with Crippen LogP contribution in [0.5, 0.6) is 0 Å². The average Bonchev–Trinajstić information content (AvgIpc) is 3.19. The van der Waals surface area contributed by atoms with Gasteiger partial charge in [-0.1, -0.05) is 40.7 Å². The van der Waals surface area contributed by atoms with Crippen molar-refractivity contribution in [3.05, 3.63) is 24.3 Å². The van der Waals surface area contributed by atoms with E-state index in [4.69, 9.17) is 4.74 Å². The van der Waals surface area contributed by atoms with Crippen molar-refractivity contribution in [3.63, 3.8) is 0 Å². The van der Waals surface area contributed by atoms with Crippen LogP contribution in [0.2, 0.25) is 0 Å². The molecule has 0 radical (unpaired) electrons. The minimum Gasteiger partial charge on any atom is -0.467 e. The van der Waals surface area contributed by atoms with E-state index in [2.05, 4.69) is 16.0 Å². The van der Waals surface area contributed by atoms with Crippen molar-refractivity contribution in [1.29, 1.82) is 0 Å². The lowest BCUT2D eigenvalue weighted by atomic mass is 9.91. The van der Waals surface area contributed by atoms with Crippen molar-refractivity contribution >= 4 is 41.3 Å². The van der Waals surface area contributed by atoms with Crippen LogP contribution in [0, 0.1) is 11.3 Å². The second-order valence-electron chi connectivity index (χ2n) is 10.2. The molecule has 4 amide bonds. The standard InChI is InChI=1S/C25H38N4O5S/c1-15(2)20(23(32)34-6)28-22(31)21-18(11-12-29(21)19(30)14-25(3,4)5)27-24(33)26-16-9-8-10-17(13-16)35-7/h8-10,13,15,18,20-21H,11-12,14H2,1-7H3,(H,28,31)(H2,26,27,33). The molecule has 0 spiro atoms. The molecule has 0 aliphatic carbocycles. The molecule has 0 saturated carbocycles. The SMILES string of the molecule is COC(=O)C(NC(=O)C1C(NC(=O)Nc2cccc(SC)c2)CCN1C(=O)CC(C)(C)C)C(C)C. The van der Waals surface area contributed by atoms with E-state index in [1.807, 2.05) is 45.2 Å². The van der Waals surface area contributed by atoms with E-state index in [1.165, 1.54) is 12.0 Å². The van der Waals surface area contributed by atoms with Gasteiger partial charge in [0.2, 0.25) is 11.8 Å². The number of carbonyl (C=O) groups is 4. The van der Waals surface area contributed by atoms with Crippen LogP contribution in [0.15, 0.2) is 29.2 Å². The number of thioether (sulfide) groups is 1. The fraction of sp³-hybridized carbons (Fsp3) is 0.600. The van der Waals surface area contributed by atoms with Crippen LogP contribution in [0.1, 0.15) is 47.5 Å². The summed E-state index contributed by atoms with van der Waals surface area (Å²) in [5.74, 6) is -1.45. The molecule has 1 aliphatic heterocycles. The van der Waals surface area contributed by atoms with Crippen LogP contribution < -0.4 is 16.0 Å². The van der Waals surface area contributed by atoms with Gasteiger partial charge in [0.1, 0.15) is 12.1 Å². The highest BCUT2D eigenvalue weighted by Crippen LogP contribution is 2.26. The second kappa shape index (κ2) is 12.3. The Bertz CT molecular complexity index is 931. The number of ether oxygens (including phenoxy) is 1. The van der Waals surface area contributed by atoms with Gasteiger partial charge in [-0.3, -0.25) is 9.59 Å². The van der Waals surface area contributed by atoms with Gasteiger partial charge in [0, 0.05) is 23.5 Å². The number of carbonyl (C=O) groups excluding carboxylic acids is 4. The summed E-state index contributed by atoms with van der Waals surface area (Å²) in [5, 5.41) is 8.40. The largest absolute Gasteiger partial charge is 0.467 e. The molecule has 0 bridgehead atoms. The number of hydrogen-bond donors (Lipinski definition) is 3. The van der Waals surface area contributed by atoms with Crippen LogP contribution in [0.25, 0.3) is 0 Å². The zero-order chi connectivity index (χ0) is 26.3. The normalized spacial score (nSPS) is 18.7. The third-order valence-corrected chi connectivity index (χ3v) is 6.46. The molecule has 3 N–H and O–H groups in total. The van der Waals surface area contributed by atoms with E-state index < -0.39 is 36.0 Å². The lowest BCUT2D eigenvalue weighted by Crippen LogP contribution is -2.58. The van der Waals surface area contributed by atoms with Crippen LogP contribution in [-0.2, 0) is 19.1 Å². The molecular formula is C25H38N4O5S. The number of benzene rings is 1. The number of rotatable bonds is 8. The van der Waals surface area contributed by atoms with Crippen molar-refractivity contribution in [2.24, 2.45) is 11.3 Å². The van der Waals surface area contributed by atoms with E-state index in [0.717, 1.165) is 4.90 Å². The highest BCUT2D eigenvalue weighted by molar-refractivity contribution is 7.98. The summed E-state index contributed by atoms with van der Waals surface area (Å²) in [4.78, 5) is 54.0. The Morgan fingerprint density at radius 3 is 2.46 bits per heavy atom. The Morgan fingerprint density at radius 2 is 1.89 bits per heavy atom. The number of likely N-dealkylation sites (tertiary alicyclic amines) is 1. The molecule has 3 atom stereocenters. The lowest BCUT2D eigenvalue weighted by molar-refractivity contribution is -0.147. The van der Waals surface area contributed by atoms with Gasteiger partial charge in [-0.25, -0.2) is 9.59 Å². The first kappa shape index (κ1) is 28.5. The minimum atomic E-state index is -0.945. The molecule has 1 fully saturated rings. The predicted molar refractivity (Wildman–Crippen MR) is 137 cm³/mol. The molecular weight excluding hydrogens is 468 g/mol. The maximum atomic E-state index is 13.4. The van der Waals surface area contributed by atoms with E-state index in [0.29, 0.717) is 18.7 Å². The fourth-order valence-corrected chi connectivity index (χ4v) is 4.46. The number of methoxy groups -OCH3 is 1. The third-order valence-electron chi connectivity index (χ3n) is 5.73. The van der Waals surface area contributed by atoms with Gasteiger partial charge >= 0.3 is 12.0 Å². The van der Waals surface area contributed by atoms with E-state index in [-0.39, 0.29) is 23.7 Å². The first-order valence-electron chi connectivity index (χ1n) is 11.8. The highest BCUT2D eigenvalue weighted by Gasteiger charge is 2.44. The molecule has 1 saturated heterocycles. The van der Waals surface area contributed by atoms with Crippen molar-refractivity contribution in [2.75, 3.05) is 25.2 Å². The summed E-state index contributed by atoms with van der Waals surface area (Å²) in [7, 11) is 1.26. The Hall–Kier alpha value is -2.75. The van der Waals surface area contributed by atoms with Gasteiger partial charge in [-0.15, -0.1) is 11.8 Å². The van der Waals surface area contributed by atoms with Crippen LogP contribution in [0.4, 0.5) is 10.5 Å². The summed E-state index contributed by atoms with van der Waals surface area (Å²) >= 11 is 1.56. The average molecular weight is 507 g/mol. The van der Waals surface area contributed by atoms with Gasteiger partial charge in [0.15, 0.2) is 0 Å². The third kappa shape index (κ3) is 8.16. The molecule has 1 aromatic carbocycles. The molecule has 3 unspecified atom stereocenters. The maximum absolute atomic E-state index is 13.4. The molecule has 10 heteroatoms. The molecule has 1 heterocycles. The summed E-state index contributed by atoms with van der Waals surface area (Å²) in [6.07, 6.45) is 2.61. The number of nitrogens with one attached hydrogen (secondary N) is 3. The molecule has 194 valence electrons. The van der Waals surface area contributed by atoms with Gasteiger partial charge in [0.05, 0.1) is 13.2 Å². The van der Waals surface area contributed by atoms with Crippen molar-refractivity contribution in [2.45, 2.75) is 70.5 Å². The van der Waals surface area contributed by atoms with E-state index in [1.54, 1.807) is 31.7 Å². The van der Waals surface area contributed by atoms with Crippen LogP contribution >= 0.6 is 11.8 Å². The summed E-state index contributed by atoms with van der Waals surface area (Å²) in [6.45, 7) is 9.77. The van der Waals surface area contributed by atoms with Crippen molar-refractivity contribution < 1.29 is 23.9 Å². The molecule has 9 nitrogen and oxygen atoms in total. The Morgan fingerprint density at radius 1 is 1.20 bits per heavy atom. The zero-order valence-electron chi connectivity index (χ0n) is 21.6. The molecule has 1 aliphatic rings. The van der Waals surface area contributed by atoms with E-state index in [9.17, 15) is 19.2 Å². The minimum absolute atomic E-state index is 0.172. The first-order chi connectivity index (χ1) is 16.4. The molecule has 35 heavy (non-hydrogen) atoms. The van der Waals surface area contributed by atoms with Crippen molar-refractivity contribution in [3.8, 4) is 0 Å². The Kier molecular flexibility index (Phi) is 10.00. The number of hydrogen-bond acceptors (Lipinski definition) is 6. The Balaban J connectivity index is 2.23. The second-order valence-corrected chi connectivity index (χ2v) is 11.1. The highest BCUT2D eigenvalue weighted by atomic mass is 32.2. The predicted octanol–water partition coefficient (Wildman–Crippen LogP) is 3.25. The number of anilines is 1. The van der Waals surface area contributed by atoms with Gasteiger partial charge < -0.3 is 25.6 Å². The summed E-state index contributed by atoms with van der Waals surface area (Å²) in [6, 6.07) is 4.52. The lowest BCUT2D eigenvalue weighted by Gasteiger charge is -2.31. The monoisotopic (exact) mass is 506 g/mol. The van der Waals surface area contributed by atoms with Crippen molar-refractivity contribution in [1.82, 2.24) is 15.5 Å². The fourth-order valence-electron chi connectivity index (χ4n) is 4.00. The smallest absolute Gasteiger partial charge is 0.328 e. The van der Waals surface area contributed by atoms with Crippen LogP contribution in [-0.4, -0.2) is 66.8 Å². The van der Waals surface area contributed by atoms with Gasteiger partial charge in [-0.05, 0) is 42.2 Å². The Labute approximate surface area is 212 Å². The van der Waals surface area contributed by atoms with Crippen LogP contribution in [0.3, 0.4) is 0 Å². The molecule has 1 aromatic rings. The quantitative estimate of drug-likeness (QED) is 0.368. The topological polar surface area (TPSA) is 117 Å². The molecule has 0 aromatic heterocycles. The number of nitrogens with zero attached hydrogens (tertiary/aromatic N) is 1. The number of amides is 4. The molecule has 2 rings (SSSR count). The zero-order valence-corrected chi connectivity index (χ0v) is 22.5. The summed E-state index contributed by atoms with van der Waals surface area (Å²) < 4.78 is 4.84. The van der Waals surface area contributed by atoms with E-state index >= 15 is 0 Å².